The lowest BCUT2D eigenvalue weighted by Crippen LogP contribution is -2.44. The molecular weight excluding hydrogens is 346 g/mol. The molecule has 0 aromatic carbocycles. The zero-order valence-electron chi connectivity index (χ0n) is 14.2. The molecule has 3 rings (SSSR count). The van der Waals surface area contributed by atoms with E-state index in [2.05, 4.69) is 10.7 Å². The predicted molar refractivity (Wildman–Crippen MR) is 95.3 cm³/mol. The first kappa shape index (κ1) is 17.8. The highest BCUT2D eigenvalue weighted by molar-refractivity contribution is 7.88. The minimum atomic E-state index is -3.35. The summed E-state index contributed by atoms with van der Waals surface area (Å²) >= 11 is 1.62. The number of piperidine rings is 1. The Hall–Kier alpha value is -0.960. The van der Waals surface area contributed by atoms with Gasteiger partial charge in [-0.1, -0.05) is 0 Å². The van der Waals surface area contributed by atoms with Crippen molar-refractivity contribution in [2.24, 2.45) is 5.41 Å². The number of likely N-dealkylation sites (N-methyl/N-ethyl adjacent to an activating group) is 1. The van der Waals surface area contributed by atoms with E-state index in [9.17, 15) is 13.2 Å². The van der Waals surface area contributed by atoms with E-state index < -0.39 is 10.0 Å². The summed E-state index contributed by atoms with van der Waals surface area (Å²) in [5.74, 6) is -0.102. The maximum atomic E-state index is 12.8. The Morgan fingerprint density at radius 2 is 2.12 bits per heavy atom. The fourth-order valence-electron chi connectivity index (χ4n) is 3.58. The number of nitrogens with zero attached hydrogens (tertiary/aromatic N) is 2. The third-order valence-corrected chi connectivity index (χ3v) is 7.29. The maximum absolute atomic E-state index is 12.8. The molecule has 2 heterocycles. The molecule has 1 spiro atoms. The Bertz CT molecular complexity index is 681. The largest absolute Gasteiger partial charge is 0.334 e. The van der Waals surface area contributed by atoms with Crippen molar-refractivity contribution in [2.75, 3.05) is 32.9 Å². The topological polar surface area (TPSA) is 69.7 Å². The molecule has 134 valence electrons. The molecule has 1 aromatic rings. The van der Waals surface area contributed by atoms with E-state index in [1.54, 1.807) is 11.3 Å². The van der Waals surface area contributed by atoms with Gasteiger partial charge >= 0.3 is 0 Å². The molecule has 0 unspecified atom stereocenters. The van der Waals surface area contributed by atoms with Crippen molar-refractivity contribution in [2.45, 2.75) is 31.8 Å². The summed E-state index contributed by atoms with van der Waals surface area (Å²) in [4.78, 5) is 14.8. The minimum Gasteiger partial charge on any atom is -0.334 e. The van der Waals surface area contributed by atoms with Crippen LogP contribution in [-0.4, -0.2) is 62.5 Å². The molecule has 1 atom stereocenters. The van der Waals surface area contributed by atoms with Crippen LogP contribution in [0.15, 0.2) is 16.8 Å². The Labute approximate surface area is 147 Å². The van der Waals surface area contributed by atoms with E-state index in [0.717, 1.165) is 48.5 Å². The Kier molecular flexibility index (Phi) is 5.01. The van der Waals surface area contributed by atoms with Crippen LogP contribution < -0.4 is 5.32 Å². The fourth-order valence-corrected chi connectivity index (χ4v) is 4.58. The fraction of sp³-hybridized carbons (Fsp3) is 0.688. The number of hydrogen-bond donors (Lipinski definition) is 1. The third kappa shape index (κ3) is 3.82. The smallest absolute Gasteiger partial charge is 0.238 e. The maximum Gasteiger partial charge on any atom is 0.238 e. The highest BCUT2D eigenvalue weighted by Crippen LogP contribution is 2.56. The van der Waals surface area contributed by atoms with Crippen molar-refractivity contribution < 1.29 is 13.2 Å². The zero-order chi connectivity index (χ0) is 17.4. The zero-order valence-corrected chi connectivity index (χ0v) is 15.8. The van der Waals surface area contributed by atoms with Crippen LogP contribution in [0.25, 0.3) is 0 Å². The SMILES string of the molecule is CN(CC(=O)N(Cc1ccsc1)[C@H]1CC12CCNCC2)S(C)(=O)=O. The standard InChI is InChI=1S/C16H25N3O3S2/c1-18(24(2,21)22)11-15(20)19(10-13-3-8-23-12-13)14-9-16(14)4-6-17-7-5-16/h3,8,12,14,17H,4-7,9-11H2,1-2H3/t14-/m0/s1. The lowest BCUT2D eigenvalue weighted by molar-refractivity contribution is -0.133. The van der Waals surface area contributed by atoms with E-state index in [1.807, 2.05) is 16.3 Å². The van der Waals surface area contributed by atoms with Crippen LogP contribution in [0.1, 0.15) is 24.8 Å². The van der Waals surface area contributed by atoms with Crippen LogP contribution >= 0.6 is 11.3 Å². The van der Waals surface area contributed by atoms with Gasteiger partial charge in [0, 0.05) is 19.6 Å². The third-order valence-electron chi connectivity index (χ3n) is 5.30. The van der Waals surface area contributed by atoms with E-state index in [1.165, 1.54) is 7.05 Å². The monoisotopic (exact) mass is 371 g/mol. The number of carbonyl (C=O) groups excluding carboxylic acids is 1. The van der Waals surface area contributed by atoms with Gasteiger partial charge in [0.15, 0.2) is 0 Å². The predicted octanol–water partition coefficient (Wildman–Crippen LogP) is 1.11. The quantitative estimate of drug-likeness (QED) is 0.813. The van der Waals surface area contributed by atoms with Crippen LogP contribution in [0.5, 0.6) is 0 Å². The normalized spacial score (nSPS) is 22.7. The van der Waals surface area contributed by atoms with E-state index >= 15 is 0 Å². The number of thiophene rings is 1. The Balaban J connectivity index is 1.74. The highest BCUT2D eigenvalue weighted by atomic mass is 32.2. The summed E-state index contributed by atoms with van der Waals surface area (Å²) in [6, 6.07) is 2.27. The summed E-state index contributed by atoms with van der Waals surface area (Å²) in [5.41, 5.74) is 1.35. The van der Waals surface area contributed by atoms with Crippen molar-refractivity contribution in [3.63, 3.8) is 0 Å². The number of hydrogen-bond acceptors (Lipinski definition) is 5. The van der Waals surface area contributed by atoms with Gasteiger partial charge in [-0.3, -0.25) is 4.79 Å². The average molecular weight is 372 g/mol. The van der Waals surface area contributed by atoms with Crippen molar-refractivity contribution >= 4 is 27.3 Å². The summed E-state index contributed by atoms with van der Waals surface area (Å²) in [6.07, 6.45) is 4.35. The van der Waals surface area contributed by atoms with Crippen molar-refractivity contribution in [3.8, 4) is 0 Å². The lowest BCUT2D eigenvalue weighted by Gasteiger charge is -2.30. The second kappa shape index (κ2) is 6.74. The number of nitrogens with one attached hydrogen (secondary N) is 1. The molecule has 1 saturated carbocycles. The van der Waals surface area contributed by atoms with Gasteiger partial charge in [0.2, 0.25) is 15.9 Å². The molecule has 1 aromatic heterocycles. The molecule has 8 heteroatoms. The van der Waals surface area contributed by atoms with Crippen molar-refractivity contribution in [1.82, 2.24) is 14.5 Å². The van der Waals surface area contributed by atoms with E-state index in [4.69, 9.17) is 0 Å². The lowest BCUT2D eigenvalue weighted by atomic mass is 9.93. The molecule has 24 heavy (non-hydrogen) atoms. The van der Waals surface area contributed by atoms with Gasteiger partial charge in [-0.2, -0.15) is 15.6 Å². The van der Waals surface area contributed by atoms with Crippen LogP contribution in [0, 0.1) is 5.41 Å². The summed E-state index contributed by atoms with van der Waals surface area (Å²) in [7, 11) is -1.89. The molecule has 0 bridgehead atoms. The first-order valence-electron chi connectivity index (χ1n) is 8.24. The number of amides is 1. The Morgan fingerprint density at radius 3 is 2.71 bits per heavy atom. The van der Waals surface area contributed by atoms with Gasteiger partial charge in [0.25, 0.3) is 0 Å². The van der Waals surface area contributed by atoms with Gasteiger partial charge in [0.05, 0.1) is 12.8 Å². The molecule has 2 aliphatic rings. The van der Waals surface area contributed by atoms with Gasteiger partial charge in [-0.05, 0) is 60.2 Å². The summed E-state index contributed by atoms with van der Waals surface area (Å²) in [6.45, 7) is 2.48. The second-order valence-corrected chi connectivity index (χ2v) is 9.87. The molecule has 0 radical (unpaired) electrons. The van der Waals surface area contributed by atoms with Crippen LogP contribution in [0.4, 0.5) is 0 Å². The van der Waals surface area contributed by atoms with Crippen LogP contribution in [0.3, 0.4) is 0 Å². The molecule has 1 aliphatic carbocycles. The molecular formula is C16H25N3O3S2. The summed E-state index contributed by atoms with van der Waals surface area (Å²) in [5, 5.41) is 7.44. The average Bonchev–Trinajstić information content (AvgIpc) is 2.97. The molecule has 1 aliphatic heterocycles. The van der Waals surface area contributed by atoms with Crippen molar-refractivity contribution in [1.29, 1.82) is 0 Å². The van der Waals surface area contributed by atoms with Gasteiger partial charge in [-0.25, -0.2) is 8.42 Å². The molecule has 1 amide bonds. The van der Waals surface area contributed by atoms with Gasteiger partial charge < -0.3 is 10.2 Å². The molecule has 1 saturated heterocycles. The van der Waals surface area contributed by atoms with Crippen molar-refractivity contribution in [3.05, 3.63) is 22.4 Å². The molecule has 6 nitrogen and oxygen atoms in total. The highest BCUT2D eigenvalue weighted by Gasteiger charge is 2.57. The first-order chi connectivity index (χ1) is 11.3. The number of sulfonamides is 1. The molecule has 2 fully saturated rings. The first-order valence-corrected chi connectivity index (χ1v) is 11.0. The Morgan fingerprint density at radius 1 is 1.42 bits per heavy atom. The van der Waals surface area contributed by atoms with Gasteiger partial charge in [0.1, 0.15) is 0 Å². The number of carbonyl (C=O) groups is 1. The second-order valence-electron chi connectivity index (χ2n) is 7.00. The summed E-state index contributed by atoms with van der Waals surface area (Å²) < 4.78 is 24.4. The molecule has 1 N–H and O–H groups in total. The van der Waals surface area contributed by atoms with E-state index in [0.29, 0.717) is 6.54 Å². The van der Waals surface area contributed by atoms with Crippen LogP contribution in [0.2, 0.25) is 0 Å². The minimum absolute atomic E-state index is 0.0895. The van der Waals surface area contributed by atoms with E-state index in [-0.39, 0.29) is 23.9 Å². The van der Waals surface area contributed by atoms with Gasteiger partial charge in [-0.15, -0.1) is 0 Å². The van der Waals surface area contributed by atoms with Crippen LogP contribution in [-0.2, 0) is 21.4 Å². The number of rotatable bonds is 6.